The molecule has 274 valence electrons. The number of methoxy groups -OCH3 is 2. The Hall–Kier alpha value is -4.49. The van der Waals surface area contributed by atoms with Crippen LogP contribution in [0.5, 0.6) is 0 Å². The Balaban J connectivity index is -0.000000354. The molecule has 0 radical (unpaired) electrons. The zero-order chi connectivity index (χ0) is 37.9. The normalized spacial score (nSPS) is 9.54. The van der Waals surface area contributed by atoms with Crippen molar-refractivity contribution in [2.45, 2.75) is 82.1 Å². The summed E-state index contributed by atoms with van der Waals surface area (Å²) in [5, 5.41) is 8.29. The van der Waals surface area contributed by atoms with Gasteiger partial charge in [-0.25, -0.2) is 0 Å². The summed E-state index contributed by atoms with van der Waals surface area (Å²) in [4.78, 5) is 0. The third-order valence-electron chi connectivity index (χ3n) is 6.27. The van der Waals surface area contributed by atoms with Crippen LogP contribution in [0.25, 0.3) is 11.1 Å². The molecule has 0 unspecified atom stereocenters. The number of nitrogens with zero attached hydrogens (tertiary/aromatic N) is 1. The lowest BCUT2D eigenvalue weighted by atomic mass is 9.68. The first-order chi connectivity index (χ1) is 24.2. The largest absolute Gasteiger partial charge is 0.388 e. The number of benzene rings is 5. The van der Waals surface area contributed by atoms with Crippen LogP contribution in [-0.4, -0.2) is 28.4 Å². The van der Waals surface area contributed by atoms with Crippen molar-refractivity contribution >= 4 is 0 Å². The first-order valence-corrected chi connectivity index (χ1v) is 17.7. The van der Waals surface area contributed by atoms with E-state index in [1.54, 1.807) is 40.6 Å². The molecule has 0 saturated heterocycles. The van der Waals surface area contributed by atoms with Gasteiger partial charge in [0.25, 0.3) is 0 Å². The Bertz CT molecular complexity index is 1350. The molecule has 0 saturated carbocycles. The minimum atomic E-state index is -0.254. The Morgan fingerprint density at radius 2 is 0.640 bits per heavy atom. The van der Waals surface area contributed by atoms with Crippen LogP contribution in [0, 0.1) is 11.3 Å². The Morgan fingerprint density at radius 3 is 0.900 bits per heavy atom. The van der Waals surface area contributed by atoms with Crippen LogP contribution in [0.15, 0.2) is 140 Å². The Kier molecular flexibility index (Phi) is 37.5. The van der Waals surface area contributed by atoms with Gasteiger partial charge >= 0.3 is 0 Å². The minimum absolute atomic E-state index is 0. The summed E-state index contributed by atoms with van der Waals surface area (Å²) in [7, 11) is 6.50. The quantitative estimate of drug-likeness (QED) is 0.183. The van der Waals surface area contributed by atoms with Gasteiger partial charge in [-0.15, -0.1) is 0 Å². The van der Waals surface area contributed by atoms with Crippen LogP contribution in [0.4, 0.5) is 0 Å². The maximum Gasteiger partial charge on any atom is 0.0991 e. The first kappa shape index (κ1) is 52.3. The summed E-state index contributed by atoms with van der Waals surface area (Å²) < 4.78 is 8.50. The number of fused-ring (bicyclic) bond motifs is 3. The van der Waals surface area contributed by atoms with Crippen molar-refractivity contribution in [3.63, 3.8) is 0 Å². The van der Waals surface area contributed by atoms with Crippen molar-refractivity contribution in [1.29, 1.82) is 5.26 Å². The number of nitriles is 1. The summed E-state index contributed by atoms with van der Waals surface area (Å²) >= 11 is 0. The first-order valence-electron chi connectivity index (χ1n) is 17.7. The van der Waals surface area contributed by atoms with Crippen LogP contribution < -0.4 is 0 Å². The van der Waals surface area contributed by atoms with Gasteiger partial charge < -0.3 is 9.47 Å². The number of rotatable bonds is 2. The van der Waals surface area contributed by atoms with Crippen molar-refractivity contribution in [3.8, 4) is 17.2 Å². The summed E-state index contributed by atoms with van der Waals surface area (Å²) in [5.74, 6) is 0. The predicted molar refractivity (Wildman–Crippen MR) is 224 cm³/mol. The summed E-state index contributed by atoms with van der Waals surface area (Å²) in [6.45, 7) is 20.0. The second-order valence-electron chi connectivity index (χ2n) is 8.87. The third kappa shape index (κ3) is 15.4. The zero-order valence-corrected chi connectivity index (χ0v) is 33.0. The fourth-order valence-electron chi connectivity index (χ4n) is 4.91. The predicted octanol–water partition coefficient (Wildman–Crippen LogP) is 13.9. The van der Waals surface area contributed by atoms with Gasteiger partial charge in [-0.2, -0.15) is 5.26 Å². The van der Waals surface area contributed by atoms with E-state index in [1.165, 1.54) is 33.4 Å². The van der Waals surface area contributed by atoms with E-state index >= 15 is 0 Å². The van der Waals surface area contributed by atoms with Gasteiger partial charge in [0.1, 0.15) is 0 Å². The number of ether oxygens (including phenoxy) is 2. The van der Waals surface area contributed by atoms with Crippen molar-refractivity contribution in [2.75, 3.05) is 28.4 Å². The monoisotopic (exact) mass is 680 g/mol. The third-order valence-corrected chi connectivity index (χ3v) is 6.27. The highest BCUT2D eigenvalue weighted by atomic mass is 16.5. The van der Waals surface area contributed by atoms with Gasteiger partial charge in [0.05, 0.1) is 17.0 Å². The summed E-state index contributed by atoms with van der Waals surface area (Å²) in [6, 6.07) is 50.6. The lowest BCUT2D eigenvalue weighted by molar-refractivity contribution is 0.277. The highest BCUT2D eigenvalue weighted by Crippen LogP contribution is 2.55. The molecule has 1 aliphatic carbocycles. The maximum atomic E-state index is 8.29. The molecule has 0 atom stereocenters. The van der Waals surface area contributed by atoms with E-state index in [2.05, 4.69) is 119 Å². The fraction of sp³-hybridized carbons (Fsp3) is 0.340. The number of hydrogen-bond acceptors (Lipinski definition) is 3. The van der Waals surface area contributed by atoms with Crippen molar-refractivity contribution in [2.24, 2.45) is 0 Å². The molecule has 0 N–H and O–H groups in total. The summed E-state index contributed by atoms with van der Waals surface area (Å²) in [5.41, 5.74) is 8.51. The maximum absolute atomic E-state index is 8.29. The lowest BCUT2D eigenvalue weighted by Gasteiger charge is -2.33. The lowest BCUT2D eigenvalue weighted by Crippen LogP contribution is -2.28. The molecule has 3 heteroatoms. The average Bonchev–Trinajstić information content (AvgIpc) is 3.52. The molecule has 0 amide bonds. The van der Waals surface area contributed by atoms with E-state index in [0.29, 0.717) is 5.56 Å². The second kappa shape index (κ2) is 35.8. The van der Waals surface area contributed by atoms with Gasteiger partial charge in [-0.3, -0.25) is 0 Å². The topological polar surface area (TPSA) is 42.2 Å². The molecular formula is C47H69NO2. The standard InChI is InChI=1S/C25H18.C7H5N.2C2H6O.5C2H6.CH4/c1-3-11-19(12-4-1)25(20-13-5-2-6-14-20)23-17-9-7-15-21(23)22-16-8-10-18-24(22)25;8-6-7-4-2-1-3-5-7;2*1-3-2;5*1-2;/h1-18H;1-5H;2*1-2H3;5*1-2H3;1H4. The van der Waals surface area contributed by atoms with Gasteiger partial charge in [-0.1, -0.05) is 204 Å². The Morgan fingerprint density at radius 1 is 0.400 bits per heavy atom. The molecule has 0 aromatic heterocycles. The molecule has 5 aromatic rings. The van der Waals surface area contributed by atoms with Crippen LogP contribution >= 0.6 is 0 Å². The smallest absolute Gasteiger partial charge is 0.0991 e. The van der Waals surface area contributed by atoms with E-state index in [1.807, 2.05) is 93.5 Å². The van der Waals surface area contributed by atoms with Gasteiger partial charge in [0.2, 0.25) is 0 Å². The van der Waals surface area contributed by atoms with Gasteiger partial charge in [0, 0.05) is 28.4 Å². The molecule has 1 aliphatic rings. The average molecular weight is 680 g/mol. The molecule has 0 spiro atoms. The molecule has 0 fully saturated rings. The molecule has 6 rings (SSSR count). The van der Waals surface area contributed by atoms with Crippen molar-refractivity contribution in [1.82, 2.24) is 0 Å². The van der Waals surface area contributed by atoms with E-state index in [4.69, 9.17) is 5.26 Å². The van der Waals surface area contributed by atoms with Crippen LogP contribution in [0.1, 0.15) is 104 Å². The molecule has 5 aromatic carbocycles. The summed E-state index contributed by atoms with van der Waals surface area (Å²) in [6.07, 6.45) is 0. The SMILES string of the molecule is C.CC.CC.CC.CC.CC.COC.COC.N#Cc1ccccc1.c1ccc(C2(c3ccccc3)c3ccccc3-c3ccccc32)cc1. The Labute approximate surface area is 309 Å². The molecule has 0 aliphatic heterocycles. The van der Waals surface area contributed by atoms with Gasteiger partial charge in [0.15, 0.2) is 0 Å². The van der Waals surface area contributed by atoms with Crippen LogP contribution in [0.3, 0.4) is 0 Å². The van der Waals surface area contributed by atoms with E-state index in [0.717, 1.165) is 0 Å². The van der Waals surface area contributed by atoms with Gasteiger partial charge in [-0.05, 0) is 45.5 Å². The molecular weight excluding hydrogens is 611 g/mol. The molecule has 3 nitrogen and oxygen atoms in total. The van der Waals surface area contributed by atoms with E-state index < -0.39 is 0 Å². The van der Waals surface area contributed by atoms with Crippen molar-refractivity contribution < 1.29 is 9.47 Å². The zero-order valence-electron chi connectivity index (χ0n) is 33.0. The van der Waals surface area contributed by atoms with Crippen LogP contribution in [0.2, 0.25) is 0 Å². The second-order valence-corrected chi connectivity index (χ2v) is 8.87. The van der Waals surface area contributed by atoms with E-state index in [9.17, 15) is 0 Å². The minimum Gasteiger partial charge on any atom is -0.388 e. The van der Waals surface area contributed by atoms with E-state index in [-0.39, 0.29) is 12.8 Å². The molecule has 50 heavy (non-hydrogen) atoms. The number of hydrogen-bond donors (Lipinski definition) is 0. The highest BCUT2D eigenvalue weighted by molar-refractivity contribution is 5.86. The fourth-order valence-corrected chi connectivity index (χ4v) is 4.91. The highest BCUT2D eigenvalue weighted by Gasteiger charge is 2.45. The molecule has 0 bridgehead atoms. The molecule has 0 heterocycles. The van der Waals surface area contributed by atoms with Crippen molar-refractivity contribution in [3.05, 3.63) is 167 Å². The van der Waals surface area contributed by atoms with Crippen LogP contribution in [-0.2, 0) is 14.9 Å².